The van der Waals surface area contributed by atoms with Gasteiger partial charge in [-0.2, -0.15) is 0 Å². The lowest BCUT2D eigenvalue weighted by atomic mass is 9.73. The van der Waals surface area contributed by atoms with Gasteiger partial charge in [-0.25, -0.2) is 0 Å². The predicted molar refractivity (Wildman–Crippen MR) is 87.4 cm³/mol. The summed E-state index contributed by atoms with van der Waals surface area (Å²) in [5.41, 5.74) is 2.25. The van der Waals surface area contributed by atoms with Crippen molar-refractivity contribution in [2.24, 2.45) is 5.92 Å². The number of likely N-dealkylation sites (N-methyl/N-ethyl adjacent to an activating group) is 1. The van der Waals surface area contributed by atoms with Crippen LogP contribution in [0.3, 0.4) is 0 Å². The molecule has 1 N–H and O–H groups in total. The Kier molecular flexibility index (Phi) is 5.77. The molecule has 0 aliphatic heterocycles. The fraction of sp³-hybridized carbons (Fsp3) is 0.722. The smallest absolute Gasteiger partial charge is 0.0876 e. The Morgan fingerprint density at radius 3 is 2.57 bits per heavy atom. The number of aromatic nitrogens is 1. The van der Waals surface area contributed by atoms with E-state index in [-0.39, 0.29) is 11.6 Å². The number of nitrogens with one attached hydrogen (secondary N) is 1. The molecule has 1 saturated carbocycles. The van der Waals surface area contributed by atoms with Crippen LogP contribution in [0.15, 0.2) is 18.3 Å². The third-order valence-corrected chi connectivity index (χ3v) is 4.75. The summed E-state index contributed by atoms with van der Waals surface area (Å²) in [7, 11) is 0. The average Bonchev–Trinajstić information content (AvgIpc) is 2.49. The molecule has 0 radical (unpaired) electrons. The van der Waals surface area contributed by atoms with Gasteiger partial charge in [0.25, 0.3) is 0 Å². The monoisotopic (exact) mass is 290 g/mol. The third kappa shape index (κ3) is 3.83. The highest BCUT2D eigenvalue weighted by molar-refractivity contribution is 5.21. The van der Waals surface area contributed by atoms with Crippen LogP contribution in [0.2, 0.25) is 0 Å². The van der Waals surface area contributed by atoms with Gasteiger partial charge >= 0.3 is 0 Å². The van der Waals surface area contributed by atoms with E-state index >= 15 is 0 Å². The molecule has 21 heavy (non-hydrogen) atoms. The molecule has 1 aromatic rings. The van der Waals surface area contributed by atoms with Crippen molar-refractivity contribution in [3.05, 3.63) is 29.6 Å². The number of rotatable bonds is 6. The van der Waals surface area contributed by atoms with Gasteiger partial charge in [0.05, 0.1) is 11.6 Å². The second-order valence-corrected chi connectivity index (χ2v) is 6.40. The van der Waals surface area contributed by atoms with Crippen molar-refractivity contribution in [2.75, 3.05) is 13.2 Å². The summed E-state index contributed by atoms with van der Waals surface area (Å²) in [6, 6.07) is 4.54. The zero-order chi connectivity index (χ0) is 15.3. The van der Waals surface area contributed by atoms with Gasteiger partial charge in [-0.3, -0.25) is 4.98 Å². The van der Waals surface area contributed by atoms with Crippen LogP contribution in [0, 0.1) is 12.8 Å². The first-order valence-electron chi connectivity index (χ1n) is 8.41. The van der Waals surface area contributed by atoms with Crippen molar-refractivity contribution in [2.45, 2.75) is 65.0 Å². The maximum Gasteiger partial charge on any atom is 0.0876 e. The van der Waals surface area contributed by atoms with Gasteiger partial charge in [0, 0.05) is 18.5 Å². The first kappa shape index (κ1) is 16.4. The van der Waals surface area contributed by atoms with Gasteiger partial charge in [0.2, 0.25) is 0 Å². The molecule has 0 saturated heterocycles. The molecule has 2 rings (SSSR count). The molecule has 0 aromatic carbocycles. The summed E-state index contributed by atoms with van der Waals surface area (Å²) >= 11 is 0. The maximum absolute atomic E-state index is 6.33. The first-order chi connectivity index (χ1) is 10.1. The summed E-state index contributed by atoms with van der Waals surface area (Å²) in [5.74, 6) is 0.817. The van der Waals surface area contributed by atoms with E-state index in [0.29, 0.717) is 0 Å². The van der Waals surface area contributed by atoms with Crippen LogP contribution in [0.25, 0.3) is 0 Å². The number of nitrogens with zero attached hydrogens (tertiary/aromatic N) is 1. The van der Waals surface area contributed by atoms with E-state index in [2.05, 4.69) is 43.2 Å². The maximum atomic E-state index is 6.33. The SMILES string of the molecule is CCNC(c1ccc(C)nc1)C1(OCC)CCC(C)CC1. The lowest BCUT2D eigenvalue weighted by molar-refractivity contribution is -0.0974. The minimum Gasteiger partial charge on any atom is -0.373 e. The van der Waals surface area contributed by atoms with Gasteiger partial charge in [-0.15, -0.1) is 0 Å². The molecular weight excluding hydrogens is 260 g/mol. The quantitative estimate of drug-likeness (QED) is 0.859. The van der Waals surface area contributed by atoms with Gasteiger partial charge in [0.15, 0.2) is 0 Å². The van der Waals surface area contributed by atoms with E-state index < -0.39 is 0 Å². The Labute approximate surface area is 129 Å². The fourth-order valence-corrected chi connectivity index (χ4v) is 3.52. The normalized spacial score (nSPS) is 27.5. The van der Waals surface area contributed by atoms with Crippen LogP contribution in [0.1, 0.15) is 63.8 Å². The lowest BCUT2D eigenvalue weighted by Gasteiger charge is -2.45. The Morgan fingerprint density at radius 1 is 1.33 bits per heavy atom. The fourth-order valence-electron chi connectivity index (χ4n) is 3.52. The molecule has 3 nitrogen and oxygen atoms in total. The highest BCUT2D eigenvalue weighted by atomic mass is 16.5. The molecule has 1 atom stereocenters. The molecule has 1 aromatic heterocycles. The van der Waals surface area contributed by atoms with Crippen LogP contribution < -0.4 is 5.32 Å². The Bertz CT molecular complexity index is 421. The van der Waals surface area contributed by atoms with E-state index in [4.69, 9.17) is 4.74 Å². The molecule has 0 amide bonds. The highest BCUT2D eigenvalue weighted by Gasteiger charge is 2.42. The highest BCUT2D eigenvalue weighted by Crippen LogP contribution is 2.43. The van der Waals surface area contributed by atoms with Crippen LogP contribution in [-0.4, -0.2) is 23.7 Å². The van der Waals surface area contributed by atoms with Crippen molar-refractivity contribution in [3.8, 4) is 0 Å². The summed E-state index contributed by atoms with van der Waals surface area (Å²) < 4.78 is 6.33. The van der Waals surface area contributed by atoms with Crippen molar-refractivity contribution in [1.29, 1.82) is 0 Å². The Morgan fingerprint density at radius 2 is 2.05 bits per heavy atom. The van der Waals surface area contributed by atoms with E-state index in [1.165, 1.54) is 18.4 Å². The summed E-state index contributed by atoms with van der Waals surface area (Å²) in [6.07, 6.45) is 6.78. The minimum absolute atomic E-state index is 0.0752. The van der Waals surface area contributed by atoms with Crippen molar-refractivity contribution in [1.82, 2.24) is 10.3 Å². The van der Waals surface area contributed by atoms with Gasteiger partial charge in [-0.05, 0) is 63.6 Å². The predicted octanol–water partition coefficient (Wildman–Crippen LogP) is 4.03. The van der Waals surface area contributed by atoms with E-state index in [9.17, 15) is 0 Å². The zero-order valence-corrected chi connectivity index (χ0v) is 14.0. The van der Waals surface area contributed by atoms with Gasteiger partial charge in [-0.1, -0.05) is 19.9 Å². The second-order valence-electron chi connectivity index (χ2n) is 6.40. The van der Waals surface area contributed by atoms with Crippen molar-refractivity contribution >= 4 is 0 Å². The van der Waals surface area contributed by atoms with Crippen molar-refractivity contribution in [3.63, 3.8) is 0 Å². The largest absolute Gasteiger partial charge is 0.373 e. The van der Waals surface area contributed by atoms with Crippen LogP contribution in [0.4, 0.5) is 0 Å². The number of hydrogen-bond acceptors (Lipinski definition) is 3. The molecule has 1 fully saturated rings. The number of ether oxygens (including phenoxy) is 1. The van der Waals surface area contributed by atoms with Gasteiger partial charge in [0.1, 0.15) is 0 Å². The minimum atomic E-state index is -0.0752. The molecule has 1 unspecified atom stereocenters. The Balaban J connectivity index is 2.29. The second kappa shape index (κ2) is 7.37. The van der Waals surface area contributed by atoms with E-state index in [1.807, 2.05) is 13.1 Å². The molecule has 1 aliphatic carbocycles. The number of aryl methyl sites for hydroxylation is 1. The number of hydrogen-bond donors (Lipinski definition) is 1. The standard InChI is InChI=1S/C18H30N2O/c1-5-19-17(16-8-7-15(4)20-13-16)18(21-6-2)11-9-14(3)10-12-18/h7-8,13-14,17,19H,5-6,9-12H2,1-4H3. The first-order valence-corrected chi connectivity index (χ1v) is 8.41. The summed E-state index contributed by atoms with van der Waals surface area (Å²) in [6.45, 7) is 10.4. The van der Waals surface area contributed by atoms with Crippen LogP contribution >= 0.6 is 0 Å². The molecule has 0 spiro atoms. The Hall–Kier alpha value is -0.930. The average molecular weight is 290 g/mol. The molecule has 118 valence electrons. The molecule has 1 heterocycles. The van der Waals surface area contributed by atoms with Crippen LogP contribution in [0.5, 0.6) is 0 Å². The molecule has 0 bridgehead atoms. The molecule has 3 heteroatoms. The van der Waals surface area contributed by atoms with Crippen LogP contribution in [-0.2, 0) is 4.74 Å². The van der Waals surface area contributed by atoms with E-state index in [1.54, 1.807) is 0 Å². The summed E-state index contributed by atoms with van der Waals surface area (Å²) in [5, 5.41) is 3.66. The van der Waals surface area contributed by atoms with Gasteiger partial charge < -0.3 is 10.1 Å². The topological polar surface area (TPSA) is 34.2 Å². The van der Waals surface area contributed by atoms with E-state index in [0.717, 1.165) is 37.6 Å². The third-order valence-electron chi connectivity index (χ3n) is 4.75. The zero-order valence-electron chi connectivity index (χ0n) is 14.0. The number of pyridine rings is 1. The summed E-state index contributed by atoms with van der Waals surface area (Å²) in [4.78, 5) is 4.49. The van der Waals surface area contributed by atoms with Crippen molar-refractivity contribution < 1.29 is 4.74 Å². The lowest BCUT2D eigenvalue weighted by Crippen LogP contribution is -2.48. The molecule has 1 aliphatic rings. The molecular formula is C18H30N2O.